The third-order valence-corrected chi connectivity index (χ3v) is 5.76. The van der Waals surface area contributed by atoms with Gasteiger partial charge < -0.3 is 14.2 Å². The maximum atomic E-state index is 13.3. The van der Waals surface area contributed by atoms with E-state index < -0.39 is 0 Å². The molecular formula is C23H23N3O2. The lowest BCUT2D eigenvalue weighted by molar-refractivity contribution is -0.131. The van der Waals surface area contributed by atoms with Crippen LogP contribution in [-0.4, -0.2) is 47.4 Å². The number of rotatable bonds is 1. The van der Waals surface area contributed by atoms with E-state index in [0.29, 0.717) is 32.8 Å². The van der Waals surface area contributed by atoms with Gasteiger partial charge in [-0.2, -0.15) is 0 Å². The first-order chi connectivity index (χ1) is 13.7. The molecule has 5 rings (SSSR count). The second kappa shape index (κ2) is 6.91. The summed E-state index contributed by atoms with van der Waals surface area (Å²) < 4.78 is 7.69. The molecule has 3 aliphatic heterocycles. The van der Waals surface area contributed by atoms with Crippen LogP contribution in [0.5, 0.6) is 0 Å². The fraction of sp³-hybridized carbons (Fsp3) is 0.304. The predicted molar refractivity (Wildman–Crippen MR) is 111 cm³/mol. The van der Waals surface area contributed by atoms with E-state index in [1.807, 2.05) is 17.2 Å². The molecule has 1 amide bonds. The molecule has 1 aromatic heterocycles. The van der Waals surface area contributed by atoms with Crippen LogP contribution in [0.1, 0.15) is 17.7 Å². The largest absolute Gasteiger partial charge is 0.378 e. The minimum atomic E-state index is 0.110. The summed E-state index contributed by atoms with van der Waals surface area (Å²) in [6.45, 7) is 5.23. The lowest BCUT2D eigenvalue weighted by atomic mass is 9.98. The summed E-state index contributed by atoms with van der Waals surface area (Å²) in [4.78, 5) is 20.0. The van der Waals surface area contributed by atoms with E-state index in [1.54, 1.807) is 0 Å². The number of ether oxygens (including phenoxy) is 1. The monoisotopic (exact) mass is 373 g/mol. The number of hydrogen-bond acceptors (Lipinski definition) is 3. The number of amides is 1. The lowest BCUT2D eigenvalue weighted by Crippen LogP contribution is -2.42. The summed E-state index contributed by atoms with van der Waals surface area (Å²) in [6, 6.07) is 8.41. The number of allylic oxidation sites excluding steroid dienone is 4. The van der Waals surface area contributed by atoms with Gasteiger partial charge in [-0.05, 0) is 36.3 Å². The molecule has 5 nitrogen and oxygen atoms in total. The van der Waals surface area contributed by atoms with Crippen molar-refractivity contribution >= 4 is 22.5 Å². The highest BCUT2D eigenvalue weighted by molar-refractivity contribution is 6.08. The normalized spacial score (nSPS) is 21.0. The van der Waals surface area contributed by atoms with Gasteiger partial charge in [-0.1, -0.05) is 24.3 Å². The van der Waals surface area contributed by atoms with Gasteiger partial charge in [-0.15, -0.1) is 0 Å². The molecule has 142 valence electrons. The van der Waals surface area contributed by atoms with Crippen LogP contribution in [-0.2, 0) is 16.1 Å². The molecule has 0 N–H and O–H groups in total. The van der Waals surface area contributed by atoms with Crippen LogP contribution in [0.4, 0.5) is 0 Å². The zero-order valence-corrected chi connectivity index (χ0v) is 16.0. The first-order valence-corrected chi connectivity index (χ1v) is 9.80. The highest BCUT2D eigenvalue weighted by atomic mass is 16.5. The van der Waals surface area contributed by atoms with Crippen molar-refractivity contribution in [1.29, 1.82) is 0 Å². The Kier molecular flexibility index (Phi) is 4.24. The van der Waals surface area contributed by atoms with Crippen molar-refractivity contribution in [2.24, 2.45) is 4.99 Å². The standard InChI is InChI=1S/C23H23N3O2/c1-16-19-6-2-3-7-21(19)26-15-18(23(27)25-9-11-28-12-10-25)13-17-5-4-8-24-20(14-17)22(16)26/h2-8,13H,9-12,14-15H2,1H3/b18-13+. The van der Waals surface area contributed by atoms with E-state index >= 15 is 0 Å². The Labute approximate surface area is 164 Å². The molecule has 0 spiro atoms. The Morgan fingerprint density at radius 3 is 2.86 bits per heavy atom. The van der Waals surface area contributed by atoms with Crippen LogP contribution in [0.2, 0.25) is 0 Å². The van der Waals surface area contributed by atoms with Crippen LogP contribution >= 0.6 is 0 Å². The first-order valence-electron chi connectivity index (χ1n) is 9.80. The molecule has 28 heavy (non-hydrogen) atoms. The Morgan fingerprint density at radius 2 is 2.00 bits per heavy atom. The maximum absolute atomic E-state index is 13.3. The Balaban J connectivity index is 1.68. The summed E-state index contributed by atoms with van der Waals surface area (Å²) in [5, 5.41) is 1.22. The van der Waals surface area contributed by atoms with Crippen LogP contribution in [0.3, 0.4) is 0 Å². The molecule has 4 heterocycles. The van der Waals surface area contributed by atoms with E-state index in [9.17, 15) is 4.79 Å². The molecule has 0 radical (unpaired) electrons. The van der Waals surface area contributed by atoms with Gasteiger partial charge in [0.2, 0.25) is 0 Å². The van der Waals surface area contributed by atoms with Gasteiger partial charge in [-0.25, -0.2) is 0 Å². The van der Waals surface area contributed by atoms with Gasteiger partial charge in [0.15, 0.2) is 0 Å². The topological polar surface area (TPSA) is 46.8 Å². The van der Waals surface area contributed by atoms with Crippen molar-refractivity contribution in [3.63, 3.8) is 0 Å². The number of morpholine rings is 1. The fourth-order valence-corrected chi connectivity index (χ4v) is 4.39. The zero-order chi connectivity index (χ0) is 19.1. The van der Waals surface area contributed by atoms with E-state index in [4.69, 9.17) is 9.73 Å². The van der Waals surface area contributed by atoms with Gasteiger partial charge in [0.05, 0.1) is 31.2 Å². The highest BCUT2D eigenvalue weighted by Crippen LogP contribution is 2.31. The lowest BCUT2D eigenvalue weighted by Gasteiger charge is -2.29. The number of aromatic nitrogens is 1. The van der Waals surface area contributed by atoms with Gasteiger partial charge in [0.25, 0.3) is 5.91 Å². The number of carbonyl (C=O) groups is 1. The van der Waals surface area contributed by atoms with Crippen LogP contribution in [0.15, 0.2) is 64.8 Å². The van der Waals surface area contributed by atoms with Gasteiger partial charge in [0, 0.05) is 42.2 Å². The third-order valence-electron chi connectivity index (χ3n) is 5.76. The molecule has 2 aromatic rings. The Hall–Kier alpha value is -2.92. The first kappa shape index (κ1) is 17.2. The summed E-state index contributed by atoms with van der Waals surface area (Å²) in [5.41, 5.74) is 6.52. The molecular weight excluding hydrogens is 350 g/mol. The molecule has 1 saturated heterocycles. The molecule has 5 heteroatoms. The van der Waals surface area contributed by atoms with Crippen molar-refractivity contribution in [1.82, 2.24) is 9.47 Å². The molecule has 3 aliphatic rings. The average molecular weight is 373 g/mol. The second-order valence-electron chi connectivity index (χ2n) is 7.49. The molecule has 0 saturated carbocycles. The minimum absolute atomic E-state index is 0.110. The average Bonchev–Trinajstić information content (AvgIpc) is 2.87. The van der Waals surface area contributed by atoms with E-state index in [-0.39, 0.29) is 5.91 Å². The van der Waals surface area contributed by atoms with Gasteiger partial charge in [0.1, 0.15) is 0 Å². The molecule has 1 fully saturated rings. The van der Waals surface area contributed by atoms with Crippen molar-refractivity contribution in [3.05, 3.63) is 71.1 Å². The van der Waals surface area contributed by atoms with Crippen molar-refractivity contribution in [2.45, 2.75) is 19.9 Å². The Bertz CT molecular complexity index is 1080. The fourth-order valence-electron chi connectivity index (χ4n) is 4.39. The summed E-state index contributed by atoms with van der Waals surface area (Å²) in [6.07, 6.45) is 8.67. The molecule has 0 unspecified atom stereocenters. The second-order valence-corrected chi connectivity index (χ2v) is 7.49. The molecule has 1 aromatic carbocycles. The smallest absolute Gasteiger partial charge is 0.251 e. The number of aliphatic imine (C=N–C) groups is 1. The quantitative estimate of drug-likeness (QED) is 0.769. The predicted octanol–water partition coefficient (Wildman–Crippen LogP) is 3.38. The van der Waals surface area contributed by atoms with E-state index in [2.05, 4.69) is 47.9 Å². The summed E-state index contributed by atoms with van der Waals surface area (Å²) in [5.74, 6) is 0.110. The number of fused-ring (bicyclic) bond motifs is 6. The van der Waals surface area contributed by atoms with Crippen molar-refractivity contribution in [3.8, 4) is 0 Å². The van der Waals surface area contributed by atoms with Crippen LogP contribution in [0.25, 0.3) is 10.9 Å². The number of benzene rings is 1. The SMILES string of the molecule is Cc1c2n(c3ccccc13)C/C(C(=O)N1CCOCC1)=C\C1=CC=CN=C2C1. The number of nitrogens with zero attached hydrogens (tertiary/aromatic N) is 3. The summed E-state index contributed by atoms with van der Waals surface area (Å²) in [7, 11) is 0. The van der Waals surface area contributed by atoms with E-state index in [1.165, 1.54) is 10.9 Å². The number of aryl methyl sites for hydroxylation is 1. The third kappa shape index (κ3) is 2.83. The number of hydrogen-bond donors (Lipinski definition) is 0. The van der Waals surface area contributed by atoms with Crippen LogP contribution < -0.4 is 0 Å². The minimum Gasteiger partial charge on any atom is -0.378 e. The van der Waals surface area contributed by atoms with Gasteiger partial charge >= 0.3 is 0 Å². The van der Waals surface area contributed by atoms with E-state index in [0.717, 1.165) is 34.5 Å². The molecule has 0 aliphatic carbocycles. The van der Waals surface area contributed by atoms with Gasteiger partial charge in [-0.3, -0.25) is 9.79 Å². The summed E-state index contributed by atoms with van der Waals surface area (Å²) >= 11 is 0. The molecule has 0 atom stereocenters. The van der Waals surface area contributed by atoms with Crippen molar-refractivity contribution in [2.75, 3.05) is 26.3 Å². The highest BCUT2D eigenvalue weighted by Gasteiger charge is 2.27. The van der Waals surface area contributed by atoms with Crippen LogP contribution in [0, 0.1) is 6.92 Å². The number of carbonyl (C=O) groups excluding carboxylic acids is 1. The number of para-hydroxylation sites is 1. The van der Waals surface area contributed by atoms with Crippen molar-refractivity contribution < 1.29 is 9.53 Å². The maximum Gasteiger partial charge on any atom is 0.251 e. The Morgan fingerprint density at radius 1 is 1.18 bits per heavy atom. The molecule has 2 bridgehead atoms. The zero-order valence-electron chi connectivity index (χ0n) is 16.0.